The molecular formula is C19H29ClN4O2. The van der Waals surface area contributed by atoms with Gasteiger partial charge in [-0.05, 0) is 56.3 Å². The molecule has 1 aromatic heterocycles. The molecule has 2 saturated heterocycles. The Morgan fingerprint density at radius 1 is 1.08 bits per heavy atom. The van der Waals surface area contributed by atoms with E-state index in [9.17, 15) is 5.21 Å². The number of hydroxylamine groups is 2. The molecule has 0 amide bonds. The van der Waals surface area contributed by atoms with Crippen molar-refractivity contribution in [2.45, 2.75) is 44.6 Å². The van der Waals surface area contributed by atoms with Crippen molar-refractivity contribution < 1.29 is 9.94 Å². The summed E-state index contributed by atoms with van der Waals surface area (Å²) >= 11 is 5.87. The summed E-state index contributed by atoms with van der Waals surface area (Å²) in [6, 6.07) is 0. The van der Waals surface area contributed by atoms with Crippen molar-refractivity contribution in [2.24, 2.45) is 17.8 Å². The highest BCUT2D eigenvalue weighted by Gasteiger charge is 2.43. The third-order valence-electron chi connectivity index (χ3n) is 6.27. The average Bonchev–Trinajstić information content (AvgIpc) is 3.44. The zero-order chi connectivity index (χ0) is 17.9. The number of nitrogens with zero attached hydrogens (tertiary/aromatic N) is 4. The Bertz CT molecular complexity index is 571. The van der Waals surface area contributed by atoms with Crippen LogP contribution in [0.1, 0.15) is 38.5 Å². The molecule has 2 aliphatic heterocycles. The number of halogens is 1. The zero-order valence-corrected chi connectivity index (χ0v) is 16.0. The lowest BCUT2D eigenvalue weighted by molar-refractivity contribution is -0.130. The zero-order valence-electron chi connectivity index (χ0n) is 15.3. The first-order valence-electron chi connectivity index (χ1n) is 9.97. The molecule has 0 bridgehead atoms. The monoisotopic (exact) mass is 380 g/mol. The van der Waals surface area contributed by atoms with Crippen LogP contribution in [0.4, 0.5) is 5.95 Å². The summed E-state index contributed by atoms with van der Waals surface area (Å²) in [6.07, 6.45) is 10.7. The van der Waals surface area contributed by atoms with Crippen molar-refractivity contribution >= 4 is 17.5 Å². The Balaban J connectivity index is 1.13. The lowest BCUT2D eigenvalue weighted by atomic mass is 9.90. The molecule has 4 rings (SSSR count). The fourth-order valence-corrected chi connectivity index (χ4v) is 4.67. The number of anilines is 1. The normalized spacial score (nSPS) is 28.5. The molecule has 1 aliphatic carbocycles. The van der Waals surface area contributed by atoms with E-state index in [0.29, 0.717) is 11.1 Å². The molecule has 144 valence electrons. The van der Waals surface area contributed by atoms with Crippen LogP contribution in [0.2, 0.25) is 5.02 Å². The number of piperidine rings is 2. The molecule has 1 saturated carbocycles. The lowest BCUT2D eigenvalue weighted by Gasteiger charge is -2.32. The molecule has 7 heteroatoms. The van der Waals surface area contributed by atoms with Gasteiger partial charge in [-0.25, -0.2) is 9.97 Å². The van der Waals surface area contributed by atoms with Crippen molar-refractivity contribution in [1.29, 1.82) is 0 Å². The average molecular weight is 381 g/mol. The smallest absolute Gasteiger partial charge is 0.225 e. The van der Waals surface area contributed by atoms with Gasteiger partial charge >= 0.3 is 0 Å². The largest absolute Gasteiger partial charge is 0.378 e. The van der Waals surface area contributed by atoms with Gasteiger partial charge in [0, 0.05) is 32.8 Å². The predicted octanol–water partition coefficient (Wildman–Crippen LogP) is 3.24. The van der Waals surface area contributed by atoms with Crippen LogP contribution in [0.3, 0.4) is 0 Å². The fourth-order valence-electron chi connectivity index (χ4n) is 4.57. The van der Waals surface area contributed by atoms with Gasteiger partial charge in [0.15, 0.2) is 0 Å². The van der Waals surface area contributed by atoms with Crippen LogP contribution in [-0.2, 0) is 4.74 Å². The van der Waals surface area contributed by atoms with E-state index in [0.717, 1.165) is 69.3 Å². The van der Waals surface area contributed by atoms with Crippen molar-refractivity contribution in [3.63, 3.8) is 0 Å². The maximum atomic E-state index is 9.39. The molecule has 26 heavy (non-hydrogen) atoms. The van der Waals surface area contributed by atoms with Gasteiger partial charge in [0.05, 0.1) is 23.5 Å². The van der Waals surface area contributed by atoms with Crippen molar-refractivity contribution in [3.05, 3.63) is 17.4 Å². The van der Waals surface area contributed by atoms with Crippen LogP contribution in [0.15, 0.2) is 12.4 Å². The summed E-state index contributed by atoms with van der Waals surface area (Å²) in [6.45, 7) is 4.46. The molecule has 6 nitrogen and oxygen atoms in total. The first kappa shape index (κ1) is 18.4. The van der Waals surface area contributed by atoms with Crippen LogP contribution in [0.5, 0.6) is 0 Å². The van der Waals surface area contributed by atoms with Crippen molar-refractivity contribution in [1.82, 2.24) is 15.0 Å². The van der Waals surface area contributed by atoms with Crippen molar-refractivity contribution in [3.8, 4) is 0 Å². The molecule has 2 atom stereocenters. The van der Waals surface area contributed by atoms with E-state index in [1.807, 2.05) is 0 Å². The quantitative estimate of drug-likeness (QED) is 0.817. The number of hydrogen-bond donors (Lipinski definition) is 1. The van der Waals surface area contributed by atoms with Crippen LogP contribution >= 0.6 is 11.6 Å². The van der Waals surface area contributed by atoms with Gasteiger partial charge in [-0.2, -0.15) is 5.06 Å². The summed E-state index contributed by atoms with van der Waals surface area (Å²) in [5.41, 5.74) is 0. The fraction of sp³-hybridized carbons (Fsp3) is 0.789. The molecule has 0 radical (unpaired) electrons. The molecule has 0 aromatic carbocycles. The Kier molecular flexibility index (Phi) is 5.93. The van der Waals surface area contributed by atoms with Gasteiger partial charge in [0.1, 0.15) is 0 Å². The second-order valence-corrected chi connectivity index (χ2v) is 8.43. The third-order valence-corrected chi connectivity index (χ3v) is 6.47. The Morgan fingerprint density at radius 3 is 2.46 bits per heavy atom. The Morgan fingerprint density at radius 2 is 1.77 bits per heavy atom. The molecule has 3 heterocycles. The van der Waals surface area contributed by atoms with E-state index in [4.69, 9.17) is 16.3 Å². The van der Waals surface area contributed by atoms with Crippen LogP contribution in [0, 0.1) is 17.8 Å². The summed E-state index contributed by atoms with van der Waals surface area (Å²) in [4.78, 5) is 11.0. The molecule has 3 fully saturated rings. The van der Waals surface area contributed by atoms with Crippen LogP contribution in [-0.4, -0.2) is 59.1 Å². The second-order valence-electron chi connectivity index (χ2n) is 8.00. The number of rotatable bonds is 6. The first-order chi connectivity index (χ1) is 12.7. The molecule has 1 aromatic rings. The van der Waals surface area contributed by atoms with Crippen LogP contribution < -0.4 is 4.90 Å². The van der Waals surface area contributed by atoms with Gasteiger partial charge in [-0.15, -0.1) is 0 Å². The van der Waals surface area contributed by atoms with Gasteiger partial charge < -0.3 is 14.8 Å². The van der Waals surface area contributed by atoms with Gasteiger partial charge in [0.2, 0.25) is 5.95 Å². The maximum Gasteiger partial charge on any atom is 0.225 e. The van der Waals surface area contributed by atoms with Crippen molar-refractivity contribution in [2.75, 3.05) is 37.7 Å². The number of aromatic nitrogens is 2. The van der Waals surface area contributed by atoms with E-state index < -0.39 is 0 Å². The van der Waals surface area contributed by atoms with E-state index in [1.165, 1.54) is 30.7 Å². The molecule has 1 N–H and O–H groups in total. The van der Waals surface area contributed by atoms with E-state index in [2.05, 4.69) is 14.9 Å². The minimum Gasteiger partial charge on any atom is -0.378 e. The minimum atomic E-state index is 0.346. The van der Waals surface area contributed by atoms with Gasteiger partial charge in [0.25, 0.3) is 0 Å². The number of ether oxygens (including phenoxy) is 1. The number of hydrogen-bond acceptors (Lipinski definition) is 6. The Labute approximate surface area is 160 Å². The summed E-state index contributed by atoms with van der Waals surface area (Å²) in [7, 11) is 0. The summed E-state index contributed by atoms with van der Waals surface area (Å²) in [5, 5.41) is 11.4. The Hall–Kier alpha value is -0.950. The summed E-state index contributed by atoms with van der Waals surface area (Å²) in [5.74, 6) is 3.41. The van der Waals surface area contributed by atoms with E-state index in [1.54, 1.807) is 12.4 Å². The highest BCUT2D eigenvalue weighted by Crippen LogP contribution is 2.49. The minimum absolute atomic E-state index is 0.346. The lowest BCUT2D eigenvalue weighted by Crippen LogP contribution is -2.35. The molecular weight excluding hydrogens is 352 g/mol. The van der Waals surface area contributed by atoms with Gasteiger partial charge in [-0.3, -0.25) is 0 Å². The standard InChI is InChI=1S/C19H29ClN4O2/c20-16-12-21-19(22-13-16)23-6-1-14(2-7-23)18-11-15(18)5-10-26-17-3-8-24(25)9-4-17/h12-15,17-18,25H,1-11H2/t15-,18-/m1/s1. The second kappa shape index (κ2) is 8.38. The topological polar surface area (TPSA) is 61.7 Å². The maximum absolute atomic E-state index is 9.39. The van der Waals surface area contributed by atoms with E-state index >= 15 is 0 Å². The highest BCUT2D eigenvalue weighted by atomic mass is 35.5. The predicted molar refractivity (Wildman–Crippen MR) is 101 cm³/mol. The SMILES string of the molecule is ON1CCC(OCC[C@@H]2C[C@@H]2C2CCN(c3ncc(Cl)cn3)CC2)CC1. The molecule has 3 aliphatic rings. The van der Waals surface area contributed by atoms with Crippen LogP contribution in [0.25, 0.3) is 0 Å². The summed E-state index contributed by atoms with van der Waals surface area (Å²) < 4.78 is 6.03. The third kappa shape index (κ3) is 4.66. The highest BCUT2D eigenvalue weighted by molar-refractivity contribution is 6.30. The van der Waals surface area contributed by atoms with E-state index in [-0.39, 0.29) is 0 Å². The molecule has 0 unspecified atom stereocenters. The first-order valence-corrected chi connectivity index (χ1v) is 10.3. The molecule has 0 spiro atoms. The van der Waals surface area contributed by atoms with Gasteiger partial charge in [-0.1, -0.05) is 11.6 Å².